The highest BCUT2D eigenvalue weighted by Crippen LogP contribution is 2.13. The maximum Gasteiger partial charge on any atom is 0.338 e. The van der Waals surface area contributed by atoms with Crippen LogP contribution in [0.5, 0.6) is 5.75 Å². The highest BCUT2D eigenvalue weighted by Gasteiger charge is 2.05. The van der Waals surface area contributed by atoms with Gasteiger partial charge in [-0.1, -0.05) is 13.3 Å². The highest BCUT2D eigenvalue weighted by atomic mass is 16.5. The zero-order chi connectivity index (χ0) is 14.5. The molecular weight excluding hydrogens is 248 g/mol. The van der Waals surface area contributed by atoms with Gasteiger partial charge in [-0.3, -0.25) is 4.79 Å². The summed E-state index contributed by atoms with van der Waals surface area (Å²) in [4.78, 5) is 19.7. The summed E-state index contributed by atoms with van der Waals surface area (Å²) in [5, 5.41) is 6.89. The number of unbranched alkanes of at least 4 members (excludes halogenated alkanes) is 1. The van der Waals surface area contributed by atoms with Gasteiger partial charge in [0, 0.05) is 0 Å². The van der Waals surface area contributed by atoms with Crippen LogP contribution in [0.2, 0.25) is 0 Å². The van der Waals surface area contributed by atoms with Crippen molar-refractivity contribution in [3.8, 4) is 5.75 Å². The van der Waals surface area contributed by atoms with Crippen molar-refractivity contribution in [2.24, 2.45) is 0 Å². The van der Waals surface area contributed by atoms with Crippen molar-refractivity contribution in [2.45, 2.75) is 26.7 Å². The molecule has 0 atom stereocenters. The molecule has 1 aromatic rings. The van der Waals surface area contributed by atoms with Crippen LogP contribution < -0.4 is 4.74 Å². The molecule has 0 bridgehead atoms. The van der Waals surface area contributed by atoms with Crippen LogP contribution in [0.15, 0.2) is 24.3 Å². The first-order valence-electron chi connectivity index (χ1n) is 6.17. The number of hydrogen-bond donors (Lipinski definition) is 1. The fraction of sp³-hybridized carbons (Fsp3) is 0.429. The Kier molecular flexibility index (Phi) is 9.88. The van der Waals surface area contributed by atoms with Crippen LogP contribution in [0.3, 0.4) is 0 Å². The maximum absolute atomic E-state index is 11.4. The van der Waals surface area contributed by atoms with E-state index < -0.39 is 0 Å². The van der Waals surface area contributed by atoms with Crippen LogP contribution in [0.4, 0.5) is 0 Å². The molecule has 0 aliphatic heterocycles. The minimum atomic E-state index is -0.289. The lowest BCUT2D eigenvalue weighted by Crippen LogP contribution is -2.04. The first kappa shape index (κ1) is 17.0. The smallest absolute Gasteiger partial charge is 0.338 e. The first-order valence-corrected chi connectivity index (χ1v) is 6.17. The number of ether oxygens (including phenoxy) is 2. The van der Waals surface area contributed by atoms with Crippen molar-refractivity contribution in [3.05, 3.63) is 29.8 Å². The van der Waals surface area contributed by atoms with Gasteiger partial charge < -0.3 is 14.6 Å². The largest absolute Gasteiger partial charge is 0.494 e. The fourth-order valence-corrected chi connectivity index (χ4v) is 1.24. The van der Waals surface area contributed by atoms with Crippen molar-refractivity contribution in [1.82, 2.24) is 0 Å². The molecule has 1 aromatic carbocycles. The van der Waals surface area contributed by atoms with Crippen molar-refractivity contribution in [2.75, 3.05) is 13.2 Å². The molecule has 5 nitrogen and oxygen atoms in total. The third-order valence-corrected chi connectivity index (χ3v) is 2.13. The molecule has 106 valence electrons. The minimum Gasteiger partial charge on any atom is -0.494 e. The third-order valence-electron chi connectivity index (χ3n) is 2.13. The number of benzene rings is 1. The molecule has 0 aliphatic rings. The Morgan fingerprint density at radius 3 is 2.32 bits per heavy atom. The lowest BCUT2D eigenvalue weighted by atomic mass is 10.2. The monoisotopic (exact) mass is 268 g/mol. The molecule has 0 fully saturated rings. The average molecular weight is 268 g/mol. The Morgan fingerprint density at radius 2 is 1.84 bits per heavy atom. The number of esters is 1. The molecule has 5 heteroatoms. The van der Waals surface area contributed by atoms with Crippen LogP contribution in [-0.4, -0.2) is 30.8 Å². The number of carbonyl (C=O) groups excluding carboxylic acids is 1. The summed E-state index contributed by atoms with van der Waals surface area (Å²) in [5.41, 5.74) is 0.560. The summed E-state index contributed by atoms with van der Waals surface area (Å²) in [6.07, 6.45) is 2.15. The van der Waals surface area contributed by atoms with Crippen molar-refractivity contribution in [3.63, 3.8) is 0 Å². The second kappa shape index (κ2) is 11.1. The topological polar surface area (TPSA) is 72.8 Å². The summed E-state index contributed by atoms with van der Waals surface area (Å²) in [6.45, 7) is 4.77. The normalized spacial score (nSPS) is 8.95. The molecule has 1 rings (SSSR count). The van der Waals surface area contributed by atoms with Gasteiger partial charge in [-0.2, -0.15) is 0 Å². The van der Waals surface area contributed by atoms with Crippen LogP contribution in [0.1, 0.15) is 37.0 Å². The molecule has 0 aliphatic carbocycles. The van der Waals surface area contributed by atoms with Gasteiger partial charge in [0.15, 0.2) is 0 Å². The Hall–Kier alpha value is -2.04. The van der Waals surface area contributed by atoms with Crippen molar-refractivity contribution in [1.29, 1.82) is 0 Å². The van der Waals surface area contributed by atoms with Crippen molar-refractivity contribution >= 4 is 12.4 Å². The van der Waals surface area contributed by atoms with E-state index in [1.807, 2.05) is 0 Å². The van der Waals surface area contributed by atoms with Gasteiger partial charge in [-0.25, -0.2) is 4.79 Å². The van der Waals surface area contributed by atoms with Gasteiger partial charge in [-0.15, -0.1) is 0 Å². The molecule has 0 amide bonds. The second-order valence-corrected chi connectivity index (χ2v) is 3.55. The van der Waals surface area contributed by atoms with Gasteiger partial charge in [-0.05, 0) is 37.6 Å². The average Bonchev–Trinajstić information content (AvgIpc) is 2.41. The minimum absolute atomic E-state index is 0.250. The van der Waals surface area contributed by atoms with E-state index in [0.717, 1.165) is 25.2 Å². The lowest BCUT2D eigenvalue weighted by Gasteiger charge is -2.06. The van der Waals surface area contributed by atoms with Gasteiger partial charge in [0.1, 0.15) is 5.75 Å². The molecule has 0 aromatic heterocycles. The predicted octanol–water partition coefficient (Wildman–Crippen LogP) is 2.74. The van der Waals surface area contributed by atoms with E-state index in [9.17, 15) is 4.79 Å². The van der Waals surface area contributed by atoms with Crippen LogP contribution >= 0.6 is 0 Å². The van der Waals surface area contributed by atoms with E-state index in [4.69, 9.17) is 19.4 Å². The number of carboxylic acid groups (broad SMARTS) is 1. The predicted molar refractivity (Wildman–Crippen MR) is 71.5 cm³/mol. The van der Waals surface area contributed by atoms with E-state index in [2.05, 4.69) is 6.92 Å². The number of rotatable bonds is 6. The summed E-state index contributed by atoms with van der Waals surface area (Å²) in [6, 6.07) is 7.03. The Balaban J connectivity index is 0.000000982. The van der Waals surface area contributed by atoms with E-state index in [0.29, 0.717) is 12.2 Å². The second-order valence-electron chi connectivity index (χ2n) is 3.55. The van der Waals surface area contributed by atoms with E-state index >= 15 is 0 Å². The molecule has 0 heterocycles. The van der Waals surface area contributed by atoms with Gasteiger partial charge in [0.25, 0.3) is 6.47 Å². The third kappa shape index (κ3) is 7.81. The molecule has 0 radical (unpaired) electrons. The SMILES string of the molecule is CCCCOc1ccc(C(=O)OCC)cc1.O=CO. The zero-order valence-electron chi connectivity index (χ0n) is 11.3. The van der Waals surface area contributed by atoms with Gasteiger partial charge in [0.2, 0.25) is 0 Å². The summed E-state index contributed by atoms with van der Waals surface area (Å²) in [5.74, 6) is 0.504. The molecular formula is C14H20O5. The Bertz CT molecular complexity index is 359. The first-order chi connectivity index (χ1) is 9.19. The summed E-state index contributed by atoms with van der Waals surface area (Å²) < 4.78 is 10.4. The van der Waals surface area contributed by atoms with Crippen LogP contribution in [-0.2, 0) is 9.53 Å². The lowest BCUT2D eigenvalue weighted by molar-refractivity contribution is -0.122. The van der Waals surface area contributed by atoms with E-state index in [1.54, 1.807) is 31.2 Å². The molecule has 0 saturated carbocycles. The maximum atomic E-state index is 11.4. The fourth-order valence-electron chi connectivity index (χ4n) is 1.24. The summed E-state index contributed by atoms with van der Waals surface area (Å²) >= 11 is 0. The Labute approximate surface area is 113 Å². The summed E-state index contributed by atoms with van der Waals surface area (Å²) in [7, 11) is 0. The van der Waals surface area contributed by atoms with Crippen LogP contribution in [0.25, 0.3) is 0 Å². The molecule has 19 heavy (non-hydrogen) atoms. The quantitative estimate of drug-likeness (QED) is 0.488. The standard InChI is InChI=1S/C13H18O3.CH2O2/c1-3-5-10-16-12-8-6-11(7-9-12)13(14)15-4-2;2-1-3/h6-9H,3-5,10H2,1-2H3;1H,(H,2,3). The zero-order valence-corrected chi connectivity index (χ0v) is 11.3. The highest BCUT2D eigenvalue weighted by molar-refractivity contribution is 5.89. The van der Waals surface area contributed by atoms with E-state index in [1.165, 1.54) is 0 Å². The van der Waals surface area contributed by atoms with Gasteiger partial charge in [0.05, 0.1) is 18.8 Å². The van der Waals surface area contributed by atoms with Crippen LogP contribution in [0, 0.1) is 0 Å². The number of carbonyl (C=O) groups is 2. The molecule has 0 unspecified atom stereocenters. The Morgan fingerprint density at radius 1 is 1.26 bits per heavy atom. The molecule has 1 N–H and O–H groups in total. The van der Waals surface area contributed by atoms with Crippen molar-refractivity contribution < 1.29 is 24.2 Å². The van der Waals surface area contributed by atoms with E-state index in [-0.39, 0.29) is 12.4 Å². The molecule has 0 saturated heterocycles. The molecule has 0 spiro atoms. The number of hydrogen-bond acceptors (Lipinski definition) is 4. The van der Waals surface area contributed by atoms with Gasteiger partial charge >= 0.3 is 5.97 Å².